The molecule has 0 aromatic heterocycles. The second-order valence-electron chi connectivity index (χ2n) is 4.89. The predicted octanol–water partition coefficient (Wildman–Crippen LogP) is 1.42. The van der Waals surface area contributed by atoms with Crippen LogP contribution in [0.3, 0.4) is 0 Å². The minimum absolute atomic E-state index is 0. The first-order chi connectivity index (χ1) is 6.64. The van der Waals surface area contributed by atoms with Gasteiger partial charge in [0.15, 0.2) is 0 Å². The average Bonchev–Trinajstić information content (AvgIpc) is 2.17. The summed E-state index contributed by atoms with van der Waals surface area (Å²) >= 11 is 0. The molecule has 0 atom stereocenters. The van der Waals surface area contributed by atoms with E-state index in [0.717, 1.165) is 19.1 Å². The van der Waals surface area contributed by atoms with Crippen molar-refractivity contribution >= 4 is 12.4 Å². The van der Waals surface area contributed by atoms with Gasteiger partial charge in [-0.05, 0) is 52.2 Å². The fourth-order valence-electron chi connectivity index (χ4n) is 1.92. The van der Waals surface area contributed by atoms with Crippen LogP contribution in [0, 0.1) is 5.92 Å². The largest absolute Gasteiger partial charge is 0.383 e. The van der Waals surface area contributed by atoms with Crippen molar-refractivity contribution < 1.29 is 4.74 Å². The van der Waals surface area contributed by atoms with Crippen LogP contribution in [-0.2, 0) is 4.74 Å². The van der Waals surface area contributed by atoms with E-state index in [1.165, 1.54) is 25.9 Å². The molecule has 1 saturated heterocycles. The highest BCUT2D eigenvalue weighted by atomic mass is 35.5. The van der Waals surface area contributed by atoms with Crippen LogP contribution in [0.2, 0.25) is 0 Å². The van der Waals surface area contributed by atoms with Crippen LogP contribution in [0.1, 0.15) is 26.7 Å². The van der Waals surface area contributed by atoms with E-state index >= 15 is 0 Å². The zero-order valence-corrected chi connectivity index (χ0v) is 11.0. The molecule has 1 heterocycles. The van der Waals surface area contributed by atoms with Gasteiger partial charge < -0.3 is 15.4 Å². The van der Waals surface area contributed by atoms with E-state index in [1.807, 2.05) is 0 Å². The minimum Gasteiger partial charge on any atom is -0.383 e. The van der Waals surface area contributed by atoms with Gasteiger partial charge in [0.1, 0.15) is 0 Å². The van der Waals surface area contributed by atoms with Crippen LogP contribution in [0.4, 0.5) is 0 Å². The van der Waals surface area contributed by atoms with Gasteiger partial charge in [0.2, 0.25) is 0 Å². The van der Waals surface area contributed by atoms with Gasteiger partial charge in [-0.3, -0.25) is 0 Å². The Hall–Kier alpha value is 0.170. The molecule has 0 radical (unpaired) electrons. The van der Waals surface area contributed by atoms with Gasteiger partial charge in [0.25, 0.3) is 0 Å². The maximum absolute atomic E-state index is 5.17. The Kier molecular flexibility index (Phi) is 7.53. The van der Waals surface area contributed by atoms with Crippen LogP contribution < -0.4 is 10.6 Å². The summed E-state index contributed by atoms with van der Waals surface area (Å²) in [6.07, 6.45) is 2.60. The van der Waals surface area contributed by atoms with Gasteiger partial charge in [-0.1, -0.05) is 0 Å². The maximum atomic E-state index is 5.17. The van der Waals surface area contributed by atoms with E-state index in [2.05, 4.69) is 24.5 Å². The standard InChI is InChI=1S/C11H24N2O.ClH/c1-11(2,9-14-3)13-8-10-4-6-12-7-5-10;/h10,12-13H,4-9H2,1-3H3;1H. The van der Waals surface area contributed by atoms with Crippen molar-refractivity contribution in [3.8, 4) is 0 Å². The van der Waals surface area contributed by atoms with Crippen LogP contribution >= 0.6 is 12.4 Å². The molecule has 0 unspecified atom stereocenters. The highest BCUT2D eigenvalue weighted by molar-refractivity contribution is 5.85. The monoisotopic (exact) mass is 236 g/mol. The molecule has 1 aliphatic rings. The Morgan fingerprint density at radius 3 is 2.47 bits per heavy atom. The Balaban J connectivity index is 0.00000196. The van der Waals surface area contributed by atoms with Crippen LogP contribution in [0.15, 0.2) is 0 Å². The van der Waals surface area contributed by atoms with Crippen molar-refractivity contribution in [2.45, 2.75) is 32.2 Å². The van der Waals surface area contributed by atoms with Crippen molar-refractivity contribution in [1.82, 2.24) is 10.6 Å². The second kappa shape index (κ2) is 7.44. The molecule has 0 aliphatic carbocycles. The summed E-state index contributed by atoms with van der Waals surface area (Å²) in [5.41, 5.74) is 0.111. The molecule has 3 nitrogen and oxygen atoms in total. The fraction of sp³-hybridized carbons (Fsp3) is 1.00. The molecule has 4 heteroatoms. The fourth-order valence-corrected chi connectivity index (χ4v) is 1.92. The first-order valence-corrected chi connectivity index (χ1v) is 5.59. The molecule has 0 saturated carbocycles. The number of hydrogen-bond acceptors (Lipinski definition) is 3. The number of methoxy groups -OCH3 is 1. The third kappa shape index (κ3) is 6.36. The summed E-state index contributed by atoms with van der Waals surface area (Å²) in [5.74, 6) is 0.840. The normalized spacial score (nSPS) is 18.6. The number of hydrogen-bond donors (Lipinski definition) is 2. The molecular weight excluding hydrogens is 212 g/mol. The number of nitrogens with one attached hydrogen (secondary N) is 2. The molecule has 15 heavy (non-hydrogen) atoms. The molecule has 0 amide bonds. The molecule has 1 aliphatic heterocycles. The molecule has 1 rings (SSSR count). The molecular formula is C11H25ClN2O. The van der Waals surface area contributed by atoms with Gasteiger partial charge in [0, 0.05) is 12.6 Å². The topological polar surface area (TPSA) is 33.3 Å². The highest BCUT2D eigenvalue weighted by Crippen LogP contribution is 2.12. The molecule has 0 spiro atoms. The number of ether oxygens (including phenoxy) is 1. The van der Waals surface area contributed by atoms with Gasteiger partial charge in [0.05, 0.1) is 6.61 Å². The predicted molar refractivity (Wildman–Crippen MR) is 66.8 cm³/mol. The summed E-state index contributed by atoms with van der Waals surface area (Å²) in [6, 6.07) is 0. The zero-order valence-electron chi connectivity index (χ0n) is 10.1. The smallest absolute Gasteiger partial charge is 0.0639 e. The van der Waals surface area contributed by atoms with Crippen LogP contribution in [0.25, 0.3) is 0 Å². The quantitative estimate of drug-likeness (QED) is 0.758. The Bertz CT molecular complexity index is 159. The molecule has 92 valence electrons. The van der Waals surface area contributed by atoms with E-state index in [0.29, 0.717) is 0 Å². The molecule has 0 bridgehead atoms. The van der Waals surface area contributed by atoms with Crippen molar-refractivity contribution in [3.05, 3.63) is 0 Å². The molecule has 2 N–H and O–H groups in total. The summed E-state index contributed by atoms with van der Waals surface area (Å²) in [7, 11) is 1.76. The van der Waals surface area contributed by atoms with Gasteiger partial charge in [-0.2, -0.15) is 0 Å². The Morgan fingerprint density at radius 2 is 1.93 bits per heavy atom. The summed E-state index contributed by atoms with van der Waals surface area (Å²) in [4.78, 5) is 0. The zero-order chi connectivity index (χ0) is 10.4. The first kappa shape index (κ1) is 15.2. The van der Waals surface area contributed by atoms with Gasteiger partial charge in [-0.15, -0.1) is 12.4 Å². The first-order valence-electron chi connectivity index (χ1n) is 5.59. The lowest BCUT2D eigenvalue weighted by molar-refractivity contribution is 0.124. The van der Waals surface area contributed by atoms with E-state index in [4.69, 9.17) is 4.74 Å². The van der Waals surface area contributed by atoms with Crippen molar-refractivity contribution in [3.63, 3.8) is 0 Å². The Labute approximate surface area is 99.7 Å². The van der Waals surface area contributed by atoms with Crippen molar-refractivity contribution in [1.29, 1.82) is 0 Å². The average molecular weight is 237 g/mol. The van der Waals surface area contributed by atoms with Crippen molar-refractivity contribution in [2.24, 2.45) is 5.92 Å². The second-order valence-corrected chi connectivity index (χ2v) is 4.89. The minimum atomic E-state index is 0. The maximum Gasteiger partial charge on any atom is 0.0639 e. The SMILES string of the molecule is COCC(C)(C)NCC1CCNCC1.Cl. The van der Waals surface area contributed by atoms with Gasteiger partial charge >= 0.3 is 0 Å². The summed E-state index contributed by atoms with van der Waals surface area (Å²) in [6.45, 7) is 8.64. The van der Waals surface area contributed by atoms with E-state index in [1.54, 1.807) is 7.11 Å². The van der Waals surface area contributed by atoms with Crippen molar-refractivity contribution in [2.75, 3.05) is 33.4 Å². The number of rotatable bonds is 5. The highest BCUT2D eigenvalue weighted by Gasteiger charge is 2.19. The van der Waals surface area contributed by atoms with Crippen LogP contribution in [0.5, 0.6) is 0 Å². The number of piperidine rings is 1. The molecule has 1 fully saturated rings. The third-order valence-corrected chi connectivity index (χ3v) is 2.83. The summed E-state index contributed by atoms with van der Waals surface area (Å²) in [5, 5.41) is 6.96. The molecule has 0 aromatic carbocycles. The summed E-state index contributed by atoms with van der Waals surface area (Å²) < 4.78 is 5.17. The van der Waals surface area contributed by atoms with Crippen LogP contribution in [-0.4, -0.2) is 38.9 Å². The van der Waals surface area contributed by atoms with Gasteiger partial charge in [-0.25, -0.2) is 0 Å². The lowest BCUT2D eigenvalue weighted by Crippen LogP contribution is -2.46. The van der Waals surface area contributed by atoms with E-state index in [9.17, 15) is 0 Å². The molecule has 0 aromatic rings. The Morgan fingerprint density at radius 1 is 1.33 bits per heavy atom. The third-order valence-electron chi connectivity index (χ3n) is 2.83. The lowest BCUT2D eigenvalue weighted by Gasteiger charge is -2.30. The van der Waals surface area contributed by atoms with E-state index in [-0.39, 0.29) is 17.9 Å². The number of halogens is 1. The lowest BCUT2D eigenvalue weighted by atomic mass is 9.96. The van der Waals surface area contributed by atoms with E-state index < -0.39 is 0 Å².